The second-order valence-electron chi connectivity index (χ2n) is 11.4. The second kappa shape index (κ2) is 13.5. The molecule has 3 aromatic carbocycles. The minimum atomic E-state index is -0.748. The van der Waals surface area contributed by atoms with Crippen LogP contribution < -0.4 is 10.6 Å². The number of hydrogen-bond donors (Lipinski definition) is 2. The standard InChI is InChI=1S/C35H38N4O3/c1-24(2)33(38-34(41)29-16-15-26-10-3-4-11-27(26)22-29)35(42)37-31-14-8-19-39(23-32(31)40)20-17-25-9-7-12-28(21-25)30-13-5-6-18-36-30/h3-7,9-13,15-16,18,21-22,24,31,33H,8,14,17,19-20,23H2,1-2H3,(H,37,42)(H,38,41). The molecule has 0 saturated carbocycles. The van der Waals surface area contributed by atoms with Crippen molar-refractivity contribution >= 4 is 28.4 Å². The van der Waals surface area contributed by atoms with Gasteiger partial charge in [0, 0.05) is 23.9 Å². The number of hydrogen-bond acceptors (Lipinski definition) is 5. The molecule has 0 aliphatic carbocycles. The highest BCUT2D eigenvalue weighted by Crippen LogP contribution is 2.19. The van der Waals surface area contributed by atoms with Gasteiger partial charge in [-0.1, -0.05) is 68.4 Å². The Morgan fingerprint density at radius 2 is 1.76 bits per heavy atom. The number of nitrogens with zero attached hydrogens (tertiary/aromatic N) is 2. The molecular formula is C35H38N4O3. The van der Waals surface area contributed by atoms with Gasteiger partial charge in [0.15, 0.2) is 5.78 Å². The molecule has 42 heavy (non-hydrogen) atoms. The summed E-state index contributed by atoms with van der Waals surface area (Å²) >= 11 is 0. The van der Waals surface area contributed by atoms with Crippen LogP contribution in [0.5, 0.6) is 0 Å². The summed E-state index contributed by atoms with van der Waals surface area (Å²) < 4.78 is 0. The van der Waals surface area contributed by atoms with Crippen molar-refractivity contribution in [2.45, 2.75) is 45.2 Å². The molecule has 2 unspecified atom stereocenters. The maximum Gasteiger partial charge on any atom is 0.251 e. The van der Waals surface area contributed by atoms with Crippen LogP contribution in [-0.4, -0.2) is 59.2 Å². The number of Topliss-reactive ketones (excluding diaryl/α,β-unsaturated/α-hetero) is 1. The molecule has 2 amide bonds. The van der Waals surface area contributed by atoms with Gasteiger partial charge in [-0.3, -0.25) is 24.3 Å². The van der Waals surface area contributed by atoms with E-state index < -0.39 is 12.1 Å². The fourth-order valence-corrected chi connectivity index (χ4v) is 5.49. The van der Waals surface area contributed by atoms with Crippen molar-refractivity contribution < 1.29 is 14.4 Å². The van der Waals surface area contributed by atoms with Gasteiger partial charge in [0.05, 0.1) is 18.3 Å². The Balaban J connectivity index is 1.16. The first kappa shape index (κ1) is 29.1. The van der Waals surface area contributed by atoms with E-state index in [1.54, 1.807) is 12.3 Å². The lowest BCUT2D eigenvalue weighted by molar-refractivity contribution is -0.129. The average molecular weight is 563 g/mol. The molecule has 5 rings (SSSR count). The Morgan fingerprint density at radius 3 is 2.55 bits per heavy atom. The Morgan fingerprint density at radius 1 is 0.952 bits per heavy atom. The number of likely N-dealkylation sites (tertiary alicyclic amines) is 1. The lowest BCUT2D eigenvalue weighted by Gasteiger charge is -2.25. The van der Waals surface area contributed by atoms with Crippen molar-refractivity contribution in [3.8, 4) is 11.3 Å². The summed E-state index contributed by atoms with van der Waals surface area (Å²) in [4.78, 5) is 46.3. The second-order valence-corrected chi connectivity index (χ2v) is 11.4. The van der Waals surface area contributed by atoms with Gasteiger partial charge >= 0.3 is 0 Å². The van der Waals surface area contributed by atoms with E-state index in [4.69, 9.17) is 0 Å². The maximum atomic E-state index is 13.3. The van der Waals surface area contributed by atoms with E-state index in [0.717, 1.165) is 48.0 Å². The Kier molecular flexibility index (Phi) is 9.39. The monoisotopic (exact) mass is 562 g/mol. The highest BCUT2D eigenvalue weighted by Gasteiger charge is 2.31. The van der Waals surface area contributed by atoms with Crippen LogP contribution in [0.1, 0.15) is 42.6 Å². The van der Waals surface area contributed by atoms with Gasteiger partial charge in [0.1, 0.15) is 6.04 Å². The van der Waals surface area contributed by atoms with E-state index in [1.807, 2.05) is 74.5 Å². The third kappa shape index (κ3) is 7.28. The summed E-state index contributed by atoms with van der Waals surface area (Å²) in [5.74, 6) is -0.766. The number of aromatic nitrogens is 1. The molecule has 0 bridgehead atoms. The topological polar surface area (TPSA) is 91.4 Å². The van der Waals surface area contributed by atoms with E-state index in [9.17, 15) is 14.4 Å². The zero-order valence-corrected chi connectivity index (χ0v) is 24.3. The predicted molar refractivity (Wildman–Crippen MR) is 166 cm³/mol. The SMILES string of the molecule is CC(C)C(NC(=O)c1ccc2ccccc2c1)C(=O)NC1CCCN(CCc2cccc(-c3ccccn3)c2)CC1=O. The van der Waals surface area contributed by atoms with E-state index in [2.05, 4.69) is 38.7 Å². The van der Waals surface area contributed by atoms with Crippen LogP contribution in [0.25, 0.3) is 22.0 Å². The van der Waals surface area contributed by atoms with Crippen molar-refractivity contribution in [2.75, 3.05) is 19.6 Å². The van der Waals surface area contributed by atoms with Crippen LogP contribution >= 0.6 is 0 Å². The van der Waals surface area contributed by atoms with Gasteiger partial charge in [0.25, 0.3) is 5.91 Å². The van der Waals surface area contributed by atoms with Gasteiger partial charge in [-0.25, -0.2) is 0 Å². The minimum absolute atomic E-state index is 0.00597. The van der Waals surface area contributed by atoms with E-state index >= 15 is 0 Å². The summed E-state index contributed by atoms with van der Waals surface area (Å²) in [6.07, 6.45) is 4.00. The molecule has 2 atom stereocenters. The Bertz CT molecular complexity index is 1550. The highest BCUT2D eigenvalue weighted by atomic mass is 16.2. The van der Waals surface area contributed by atoms with Gasteiger partial charge < -0.3 is 10.6 Å². The molecule has 1 saturated heterocycles. The number of carbonyl (C=O) groups is 3. The summed E-state index contributed by atoms with van der Waals surface area (Å²) in [7, 11) is 0. The van der Waals surface area contributed by atoms with Crippen molar-refractivity contribution in [3.63, 3.8) is 0 Å². The zero-order valence-electron chi connectivity index (χ0n) is 24.3. The number of carbonyl (C=O) groups excluding carboxylic acids is 3. The molecule has 7 heteroatoms. The Hall–Kier alpha value is -4.36. The molecule has 4 aromatic rings. The molecule has 216 valence electrons. The number of amides is 2. The molecule has 2 N–H and O–H groups in total. The molecule has 2 heterocycles. The zero-order chi connectivity index (χ0) is 29.5. The van der Waals surface area contributed by atoms with Crippen LogP contribution in [0, 0.1) is 5.92 Å². The largest absolute Gasteiger partial charge is 0.344 e. The fraction of sp³-hybridized carbons (Fsp3) is 0.314. The van der Waals surface area contributed by atoms with E-state index in [0.29, 0.717) is 18.5 Å². The molecule has 0 spiro atoms. The number of ketones is 1. The molecule has 7 nitrogen and oxygen atoms in total. The number of pyridine rings is 1. The van der Waals surface area contributed by atoms with Crippen LogP contribution in [0.2, 0.25) is 0 Å². The van der Waals surface area contributed by atoms with Crippen LogP contribution in [0.4, 0.5) is 0 Å². The summed E-state index contributed by atoms with van der Waals surface area (Å²) in [5, 5.41) is 7.87. The Labute approximate surface area is 247 Å². The smallest absolute Gasteiger partial charge is 0.251 e. The molecule has 1 aromatic heterocycles. The first-order chi connectivity index (χ1) is 20.4. The first-order valence-electron chi connectivity index (χ1n) is 14.7. The van der Waals surface area contributed by atoms with Gasteiger partial charge in [-0.2, -0.15) is 0 Å². The predicted octanol–water partition coefficient (Wildman–Crippen LogP) is 5.05. The quantitative estimate of drug-likeness (QED) is 0.298. The third-order valence-electron chi connectivity index (χ3n) is 7.90. The summed E-state index contributed by atoms with van der Waals surface area (Å²) in [6, 6.07) is 26.3. The van der Waals surface area contributed by atoms with Crippen LogP contribution in [0.3, 0.4) is 0 Å². The molecule has 0 radical (unpaired) electrons. The molecule has 1 aliphatic rings. The van der Waals surface area contributed by atoms with E-state index in [-0.39, 0.29) is 23.5 Å². The third-order valence-corrected chi connectivity index (χ3v) is 7.90. The first-order valence-corrected chi connectivity index (χ1v) is 14.7. The summed E-state index contributed by atoms with van der Waals surface area (Å²) in [5.41, 5.74) is 3.71. The molecule has 1 fully saturated rings. The number of rotatable bonds is 9. The number of fused-ring (bicyclic) bond motifs is 1. The lowest BCUT2D eigenvalue weighted by Crippen LogP contribution is -2.54. The number of benzene rings is 3. The van der Waals surface area contributed by atoms with Gasteiger partial charge in [-0.05, 0) is 78.4 Å². The van der Waals surface area contributed by atoms with E-state index in [1.165, 1.54) is 5.56 Å². The molecule has 1 aliphatic heterocycles. The minimum Gasteiger partial charge on any atom is -0.344 e. The van der Waals surface area contributed by atoms with Crippen LogP contribution in [0.15, 0.2) is 91.1 Å². The summed E-state index contributed by atoms with van der Waals surface area (Å²) in [6.45, 7) is 5.63. The normalized spacial score (nSPS) is 16.6. The molecular weight excluding hydrogens is 524 g/mol. The highest BCUT2D eigenvalue weighted by molar-refractivity contribution is 6.01. The van der Waals surface area contributed by atoms with Gasteiger partial charge in [-0.15, -0.1) is 0 Å². The number of nitrogens with one attached hydrogen (secondary N) is 2. The average Bonchev–Trinajstić information content (AvgIpc) is 3.19. The maximum absolute atomic E-state index is 13.3. The fourth-order valence-electron chi connectivity index (χ4n) is 5.49. The van der Waals surface area contributed by atoms with Crippen molar-refractivity contribution in [1.29, 1.82) is 0 Å². The van der Waals surface area contributed by atoms with Crippen molar-refractivity contribution in [2.24, 2.45) is 5.92 Å². The van der Waals surface area contributed by atoms with Gasteiger partial charge in [0.2, 0.25) is 5.91 Å². The van der Waals surface area contributed by atoms with Crippen LogP contribution in [-0.2, 0) is 16.0 Å². The van der Waals surface area contributed by atoms with Crippen molar-refractivity contribution in [1.82, 2.24) is 20.5 Å². The van der Waals surface area contributed by atoms with Crippen molar-refractivity contribution in [3.05, 3.63) is 102 Å². The lowest BCUT2D eigenvalue weighted by atomic mass is 10.0.